The quantitative estimate of drug-likeness (QED) is 0.753. The molecule has 1 unspecified atom stereocenters. The van der Waals surface area contributed by atoms with Gasteiger partial charge in [0, 0.05) is 27.9 Å². The summed E-state index contributed by atoms with van der Waals surface area (Å²) in [6.07, 6.45) is 0.706. The highest BCUT2D eigenvalue weighted by atomic mass is 79.9. The number of aliphatic hydroxyl groups is 1. The Balaban J connectivity index is 2.17. The zero-order valence-corrected chi connectivity index (χ0v) is 12.1. The number of urea groups is 1. The highest BCUT2D eigenvalue weighted by molar-refractivity contribution is 9.10. The molecule has 0 spiro atoms. The molecule has 17 heavy (non-hydrogen) atoms. The van der Waals surface area contributed by atoms with E-state index in [1.54, 1.807) is 11.3 Å². The second-order valence-corrected chi connectivity index (χ2v) is 5.82. The molecule has 1 aromatic heterocycles. The van der Waals surface area contributed by atoms with Gasteiger partial charge in [-0.3, -0.25) is 0 Å². The van der Waals surface area contributed by atoms with Crippen molar-refractivity contribution in [1.82, 2.24) is 10.6 Å². The van der Waals surface area contributed by atoms with E-state index < -0.39 is 0 Å². The van der Waals surface area contributed by atoms with Crippen molar-refractivity contribution in [3.8, 4) is 0 Å². The summed E-state index contributed by atoms with van der Waals surface area (Å²) >= 11 is 4.97. The predicted octanol–water partition coefficient (Wildman–Crippen LogP) is 2.33. The van der Waals surface area contributed by atoms with Gasteiger partial charge in [0.2, 0.25) is 0 Å². The van der Waals surface area contributed by atoms with Crippen LogP contribution in [0.1, 0.15) is 18.2 Å². The van der Waals surface area contributed by atoms with Gasteiger partial charge in [0.25, 0.3) is 0 Å². The van der Waals surface area contributed by atoms with Crippen molar-refractivity contribution in [2.75, 3.05) is 13.2 Å². The van der Waals surface area contributed by atoms with Crippen molar-refractivity contribution in [3.05, 3.63) is 20.8 Å². The lowest BCUT2D eigenvalue weighted by atomic mass is 10.1. The Morgan fingerprint density at radius 1 is 1.59 bits per heavy atom. The number of carbonyl (C=O) groups is 1. The minimum Gasteiger partial charge on any atom is -0.396 e. The van der Waals surface area contributed by atoms with Gasteiger partial charge in [-0.15, -0.1) is 11.3 Å². The summed E-state index contributed by atoms with van der Waals surface area (Å²) in [5.41, 5.74) is 0. The minimum absolute atomic E-state index is 0.160. The highest BCUT2D eigenvalue weighted by Gasteiger charge is 2.05. The van der Waals surface area contributed by atoms with Crippen LogP contribution >= 0.6 is 27.3 Å². The lowest BCUT2D eigenvalue weighted by molar-refractivity contribution is 0.233. The molecular formula is C11H17BrN2O2S. The van der Waals surface area contributed by atoms with Crippen LogP contribution in [-0.2, 0) is 6.54 Å². The Morgan fingerprint density at radius 3 is 2.94 bits per heavy atom. The maximum absolute atomic E-state index is 11.4. The molecule has 3 N–H and O–H groups in total. The van der Waals surface area contributed by atoms with E-state index in [9.17, 15) is 4.79 Å². The molecule has 1 rings (SSSR count). The second kappa shape index (κ2) is 7.68. The maximum Gasteiger partial charge on any atom is 0.315 e. The van der Waals surface area contributed by atoms with Crippen molar-refractivity contribution < 1.29 is 9.90 Å². The van der Waals surface area contributed by atoms with Gasteiger partial charge in [-0.25, -0.2) is 4.79 Å². The number of nitrogens with one attached hydrogen (secondary N) is 2. The molecule has 0 aliphatic carbocycles. The third-order valence-electron chi connectivity index (χ3n) is 2.28. The summed E-state index contributed by atoms with van der Waals surface area (Å²) in [6, 6.07) is 1.82. The molecule has 0 aliphatic rings. The van der Waals surface area contributed by atoms with Crippen LogP contribution in [-0.4, -0.2) is 24.3 Å². The number of thiophene rings is 1. The second-order valence-electron chi connectivity index (χ2n) is 3.91. The van der Waals surface area contributed by atoms with Crippen molar-refractivity contribution >= 4 is 33.3 Å². The Morgan fingerprint density at radius 2 is 2.35 bits per heavy atom. The van der Waals surface area contributed by atoms with E-state index in [-0.39, 0.29) is 12.6 Å². The average molecular weight is 321 g/mol. The van der Waals surface area contributed by atoms with Gasteiger partial charge in [0.1, 0.15) is 0 Å². The first-order chi connectivity index (χ1) is 8.11. The Kier molecular flexibility index (Phi) is 6.54. The number of halogens is 1. The first-order valence-corrected chi connectivity index (χ1v) is 7.14. The number of hydrogen-bond acceptors (Lipinski definition) is 3. The van der Waals surface area contributed by atoms with Crippen LogP contribution in [0.4, 0.5) is 4.79 Å². The molecule has 4 nitrogen and oxygen atoms in total. The molecule has 0 bridgehead atoms. The SMILES string of the molecule is CC(CCO)CNC(=O)NCc1cc(Br)cs1. The van der Waals surface area contributed by atoms with Gasteiger partial charge in [0.05, 0.1) is 6.54 Å². The van der Waals surface area contributed by atoms with Crippen LogP contribution in [0, 0.1) is 5.92 Å². The van der Waals surface area contributed by atoms with E-state index in [2.05, 4.69) is 26.6 Å². The summed E-state index contributed by atoms with van der Waals surface area (Å²) in [7, 11) is 0. The van der Waals surface area contributed by atoms with Crippen LogP contribution in [0.3, 0.4) is 0 Å². The Hall–Kier alpha value is -0.590. The van der Waals surface area contributed by atoms with E-state index in [1.165, 1.54) is 0 Å². The third kappa shape index (κ3) is 6.05. The summed E-state index contributed by atoms with van der Waals surface area (Å²) < 4.78 is 1.04. The zero-order valence-electron chi connectivity index (χ0n) is 9.70. The predicted molar refractivity (Wildman–Crippen MR) is 73.1 cm³/mol. The van der Waals surface area contributed by atoms with E-state index in [1.807, 2.05) is 18.4 Å². The fourth-order valence-electron chi connectivity index (χ4n) is 1.27. The lowest BCUT2D eigenvalue weighted by Gasteiger charge is -2.11. The van der Waals surface area contributed by atoms with Crippen LogP contribution in [0.15, 0.2) is 15.9 Å². The lowest BCUT2D eigenvalue weighted by Crippen LogP contribution is -2.37. The van der Waals surface area contributed by atoms with E-state index >= 15 is 0 Å². The number of carbonyl (C=O) groups excluding carboxylic acids is 1. The van der Waals surface area contributed by atoms with E-state index in [0.717, 1.165) is 9.35 Å². The molecular weight excluding hydrogens is 304 g/mol. The molecule has 1 atom stereocenters. The molecule has 0 radical (unpaired) electrons. The fraction of sp³-hybridized carbons (Fsp3) is 0.545. The molecule has 2 amide bonds. The summed E-state index contributed by atoms with van der Waals surface area (Å²) in [4.78, 5) is 12.5. The van der Waals surface area contributed by atoms with Crippen molar-refractivity contribution in [3.63, 3.8) is 0 Å². The van der Waals surface area contributed by atoms with Gasteiger partial charge in [-0.2, -0.15) is 0 Å². The van der Waals surface area contributed by atoms with Crippen molar-refractivity contribution in [2.45, 2.75) is 19.9 Å². The van der Waals surface area contributed by atoms with E-state index in [0.29, 0.717) is 25.4 Å². The highest BCUT2D eigenvalue weighted by Crippen LogP contribution is 2.19. The molecule has 96 valence electrons. The van der Waals surface area contributed by atoms with Crippen LogP contribution in [0.5, 0.6) is 0 Å². The number of hydrogen-bond donors (Lipinski definition) is 3. The zero-order chi connectivity index (χ0) is 12.7. The molecule has 0 aliphatic heterocycles. The van der Waals surface area contributed by atoms with Crippen LogP contribution < -0.4 is 10.6 Å². The fourth-order valence-corrected chi connectivity index (χ4v) is 2.66. The van der Waals surface area contributed by atoms with Crippen LogP contribution in [0.25, 0.3) is 0 Å². The smallest absolute Gasteiger partial charge is 0.315 e. The maximum atomic E-state index is 11.4. The van der Waals surface area contributed by atoms with Gasteiger partial charge in [0.15, 0.2) is 0 Å². The Labute approximate surface area is 114 Å². The standard InChI is InChI=1S/C11H17BrN2O2S/c1-8(2-3-15)5-13-11(16)14-6-10-4-9(12)7-17-10/h4,7-8,15H,2-3,5-6H2,1H3,(H2,13,14,16). The molecule has 0 saturated carbocycles. The number of rotatable bonds is 6. The van der Waals surface area contributed by atoms with Gasteiger partial charge in [-0.1, -0.05) is 6.92 Å². The molecule has 0 aromatic carbocycles. The topological polar surface area (TPSA) is 61.4 Å². The first-order valence-electron chi connectivity index (χ1n) is 5.47. The van der Waals surface area contributed by atoms with Gasteiger partial charge >= 0.3 is 6.03 Å². The molecule has 1 aromatic rings. The minimum atomic E-state index is -0.167. The normalized spacial score (nSPS) is 12.2. The third-order valence-corrected chi connectivity index (χ3v) is 3.98. The van der Waals surface area contributed by atoms with Gasteiger partial charge in [-0.05, 0) is 34.3 Å². The summed E-state index contributed by atoms with van der Waals surface area (Å²) in [5.74, 6) is 0.293. The molecule has 0 fully saturated rings. The summed E-state index contributed by atoms with van der Waals surface area (Å²) in [5, 5.41) is 16.3. The van der Waals surface area contributed by atoms with Crippen molar-refractivity contribution in [1.29, 1.82) is 0 Å². The summed E-state index contributed by atoms with van der Waals surface area (Å²) in [6.45, 7) is 3.28. The number of amides is 2. The molecule has 0 saturated heterocycles. The van der Waals surface area contributed by atoms with Crippen LogP contribution in [0.2, 0.25) is 0 Å². The van der Waals surface area contributed by atoms with E-state index in [4.69, 9.17) is 5.11 Å². The monoisotopic (exact) mass is 320 g/mol. The molecule has 6 heteroatoms. The Bertz CT molecular complexity index is 357. The van der Waals surface area contributed by atoms with Crippen molar-refractivity contribution in [2.24, 2.45) is 5.92 Å². The van der Waals surface area contributed by atoms with Gasteiger partial charge < -0.3 is 15.7 Å². The molecule has 1 heterocycles. The first kappa shape index (κ1) is 14.5. The number of aliphatic hydroxyl groups excluding tert-OH is 1. The average Bonchev–Trinajstić information content (AvgIpc) is 2.70. The largest absolute Gasteiger partial charge is 0.396 e.